The van der Waals surface area contributed by atoms with Crippen molar-refractivity contribution >= 4 is 39.2 Å². The summed E-state index contributed by atoms with van der Waals surface area (Å²) in [6.07, 6.45) is 0.654. The molecular formula is C19H21ClN2O5S. The molecule has 0 radical (unpaired) electrons. The second-order valence-electron chi connectivity index (χ2n) is 6.09. The number of anilines is 1. The predicted octanol–water partition coefficient (Wildman–Crippen LogP) is 3.21. The van der Waals surface area contributed by atoms with Gasteiger partial charge in [-0.05, 0) is 55.8 Å². The van der Waals surface area contributed by atoms with Crippen LogP contribution < -0.4 is 10.0 Å². The Kier molecular flexibility index (Phi) is 7.56. The fourth-order valence-electron chi connectivity index (χ4n) is 2.16. The molecule has 7 nitrogen and oxygen atoms in total. The Morgan fingerprint density at radius 2 is 1.82 bits per heavy atom. The quantitative estimate of drug-likeness (QED) is 0.633. The maximum Gasteiger partial charge on any atom is 0.338 e. The van der Waals surface area contributed by atoms with Crippen molar-refractivity contribution in [3.8, 4) is 0 Å². The first-order chi connectivity index (χ1) is 13.2. The van der Waals surface area contributed by atoms with Crippen molar-refractivity contribution < 1.29 is 22.7 Å². The Labute approximate surface area is 169 Å². The summed E-state index contributed by atoms with van der Waals surface area (Å²) >= 11 is 5.83. The standard InChI is InChI=1S/C19H21ClN2O5S/c1-3-13(2)22-28(25,26)17-9-7-14(8-10-17)19(24)27-12-18(23)21-16-6-4-5-15(20)11-16/h4-11,13,22H,3,12H2,1-2H3,(H,21,23). The summed E-state index contributed by atoms with van der Waals surface area (Å²) in [5, 5.41) is 3.02. The van der Waals surface area contributed by atoms with Crippen LogP contribution in [0.2, 0.25) is 5.02 Å². The molecular weight excluding hydrogens is 404 g/mol. The fraction of sp³-hybridized carbons (Fsp3) is 0.263. The molecule has 2 N–H and O–H groups in total. The van der Waals surface area contributed by atoms with Crippen LogP contribution in [0.1, 0.15) is 30.6 Å². The number of carbonyl (C=O) groups excluding carboxylic acids is 2. The summed E-state index contributed by atoms with van der Waals surface area (Å²) in [4.78, 5) is 24.0. The minimum Gasteiger partial charge on any atom is -0.452 e. The highest BCUT2D eigenvalue weighted by Gasteiger charge is 2.18. The number of nitrogens with one attached hydrogen (secondary N) is 2. The highest BCUT2D eigenvalue weighted by atomic mass is 35.5. The molecule has 0 heterocycles. The number of halogens is 1. The largest absolute Gasteiger partial charge is 0.452 e. The van der Waals surface area contributed by atoms with Gasteiger partial charge in [-0.15, -0.1) is 0 Å². The van der Waals surface area contributed by atoms with E-state index in [4.69, 9.17) is 16.3 Å². The van der Waals surface area contributed by atoms with Gasteiger partial charge in [0.05, 0.1) is 10.5 Å². The summed E-state index contributed by atoms with van der Waals surface area (Å²) in [5.41, 5.74) is 0.620. The highest BCUT2D eigenvalue weighted by molar-refractivity contribution is 7.89. The molecule has 0 aliphatic rings. The van der Waals surface area contributed by atoms with Crippen LogP contribution in [-0.2, 0) is 19.6 Å². The van der Waals surface area contributed by atoms with E-state index in [2.05, 4.69) is 10.0 Å². The Morgan fingerprint density at radius 3 is 2.43 bits per heavy atom. The summed E-state index contributed by atoms with van der Waals surface area (Å²) in [5.74, 6) is -1.26. The van der Waals surface area contributed by atoms with E-state index in [0.717, 1.165) is 0 Å². The van der Waals surface area contributed by atoms with Gasteiger partial charge in [0.15, 0.2) is 6.61 Å². The average Bonchev–Trinajstić information content (AvgIpc) is 2.65. The van der Waals surface area contributed by atoms with Crippen molar-refractivity contribution in [1.82, 2.24) is 4.72 Å². The lowest BCUT2D eigenvalue weighted by Crippen LogP contribution is -2.32. The highest BCUT2D eigenvalue weighted by Crippen LogP contribution is 2.15. The zero-order valence-electron chi connectivity index (χ0n) is 15.4. The van der Waals surface area contributed by atoms with Crippen molar-refractivity contribution in [3.63, 3.8) is 0 Å². The number of carbonyl (C=O) groups is 2. The predicted molar refractivity (Wildman–Crippen MR) is 107 cm³/mol. The van der Waals surface area contributed by atoms with E-state index in [1.807, 2.05) is 6.92 Å². The van der Waals surface area contributed by atoms with Gasteiger partial charge in [-0.25, -0.2) is 17.9 Å². The van der Waals surface area contributed by atoms with E-state index >= 15 is 0 Å². The molecule has 2 rings (SSSR count). The molecule has 2 aromatic carbocycles. The zero-order chi connectivity index (χ0) is 20.7. The molecule has 28 heavy (non-hydrogen) atoms. The maximum atomic E-state index is 12.2. The van der Waals surface area contributed by atoms with Crippen LogP contribution in [0.15, 0.2) is 53.4 Å². The van der Waals surface area contributed by atoms with Crippen LogP contribution in [0.25, 0.3) is 0 Å². The zero-order valence-corrected chi connectivity index (χ0v) is 17.0. The monoisotopic (exact) mass is 424 g/mol. The van der Waals surface area contributed by atoms with Crippen molar-refractivity contribution in [2.75, 3.05) is 11.9 Å². The first kappa shape index (κ1) is 21.9. The van der Waals surface area contributed by atoms with E-state index in [-0.39, 0.29) is 16.5 Å². The maximum absolute atomic E-state index is 12.2. The molecule has 1 unspecified atom stereocenters. The molecule has 0 fully saturated rings. The minimum atomic E-state index is -3.65. The van der Waals surface area contributed by atoms with Gasteiger partial charge < -0.3 is 10.1 Å². The van der Waals surface area contributed by atoms with Gasteiger partial charge in [0.2, 0.25) is 10.0 Å². The van der Waals surface area contributed by atoms with E-state index < -0.39 is 28.5 Å². The first-order valence-corrected chi connectivity index (χ1v) is 10.4. The number of benzene rings is 2. The number of ether oxygens (including phenoxy) is 1. The molecule has 0 saturated heterocycles. The Balaban J connectivity index is 1.93. The number of hydrogen-bond donors (Lipinski definition) is 2. The van der Waals surface area contributed by atoms with Crippen molar-refractivity contribution in [1.29, 1.82) is 0 Å². The molecule has 1 amide bonds. The second-order valence-corrected chi connectivity index (χ2v) is 8.24. The first-order valence-electron chi connectivity index (χ1n) is 8.56. The Morgan fingerprint density at radius 1 is 1.14 bits per heavy atom. The summed E-state index contributed by atoms with van der Waals surface area (Å²) in [7, 11) is -3.65. The topological polar surface area (TPSA) is 102 Å². The van der Waals surface area contributed by atoms with E-state index in [0.29, 0.717) is 17.1 Å². The van der Waals surface area contributed by atoms with E-state index in [9.17, 15) is 18.0 Å². The lowest BCUT2D eigenvalue weighted by atomic mass is 10.2. The van der Waals surface area contributed by atoms with Gasteiger partial charge in [0.1, 0.15) is 0 Å². The normalized spacial score (nSPS) is 12.2. The second kappa shape index (κ2) is 9.68. The molecule has 1 atom stereocenters. The molecule has 0 aliphatic heterocycles. The molecule has 150 valence electrons. The van der Waals surface area contributed by atoms with Crippen molar-refractivity contribution in [2.45, 2.75) is 31.2 Å². The van der Waals surface area contributed by atoms with Gasteiger partial charge in [-0.3, -0.25) is 4.79 Å². The summed E-state index contributed by atoms with van der Waals surface area (Å²) < 4.78 is 31.9. The van der Waals surface area contributed by atoms with Crippen LogP contribution >= 0.6 is 11.6 Å². The van der Waals surface area contributed by atoms with Crippen LogP contribution in [0.4, 0.5) is 5.69 Å². The molecule has 0 spiro atoms. The molecule has 0 saturated carbocycles. The van der Waals surface area contributed by atoms with Gasteiger partial charge in [-0.1, -0.05) is 24.6 Å². The van der Waals surface area contributed by atoms with Gasteiger partial charge in [0.25, 0.3) is 5.91 Å². The van der Waals surface area contributed by atoms with Gasteiger partial charge in [0, 0.05) is 16.8 Å². The molecule has 2 aromatic rings. The van der Waals surface area contributed by atoms with Crippen LogP contribution in [0.3, 0.4) is 0 Å². The van der Waals surface area contributed by atoms with Crippen LogP contribution in [-0.4, -0.2) is 32.9 Å². The average molecular weight is 425 g/mol. The lowest BCUT2D eigenvalue weighted by Gasteiger charge is -2.12. The fourth-order valence-corrected chi connectivity index (χ4v) is 3.68. The van der Waals surface area contributed by atoms with Gasteiger partial charge in [-0.2, -0.15) is 0 Å². The van der Waals surface area contributed by atoms with Crippen molar-refractivity contribution in [3.05, 3.63) is 59.1 Å². The molecule has 0 aliphatic carbocycles. The summed E-state index contributed by atoms with van der Waals surface area (Å²) in [6, 6.07) is 11.7. The SMILES string of the molecule is CCC(C)NS(=O)(=O)c1ccc(C(=O)OCC(=O)Nc2cccc(Cl)c2)cc1. The van der Waals surface area contributed by atoms with Crippen LogP contribution in [0, 0.1) is 0 Å². The number of amides is 1. The third-order valence-electron chi connectivity index (χ3n) is 3.81. The van der Waals surface area contributed by atoms with Crippen molar-refractivity contribution in [2.24, 2.45) is 0 Å². The number of esters is 1. The number of rotatable bonds is 8. The smallest absolute Gasteiger partial charge is 0.338 e. The van der Waals surface area contributed by atoms with Crippen LogP contribution in [0.5, 0.6) is 0 Å². The Hall–Kier alpha value is -2.42. The third-order valence-corrected chi connectivity index (χ3v) is 5.65. The number of hydrogen-bond acceptors (Lipinski definition) is 5. The number of sulfonamides is 1. The molecule has 0 aromatic heterocycles. The molecule has 0 bridgehead atoms. The summed E-state index contributed by atoms with van der Waals surface area (Å²) in [6.45, 7) is 3.15. The third kappa shape index (κ3) is 6.33. The van der Waals surface area contributed by atoms with E-state index in [1.54, 1.807) is 31.2 Å². The minimum absolute atomic E-state index is 0.0445. The lowest BCUT2D eigenvalue weighted by molar-refractivity contribution is -0.119. The van der Waals surface area contributed by atoms with Gasteiger partial charge >= 0.3 is 5.97 Å². The molecule has 9 heteroatoms. The van der Waals surface area contributed by atoms with E-state index in [1.165, 1.54) is 24.3 Å². The Bertz CT molecular complexity index is 945.